The molecule has 0 radical (unpaired) electrons. The van der Waals surface area contributed by atoms with E-state index in [1.165, 1.54) is 7.11 Å². The van der Waals surface area contributed by atoms with Crippen molar-refractivity contribution >= 4 is 34.0 Å². The first-order valence-electron chi connectivity index (χ1n) is 9.00. The number of hydrogen-bond acceptors (Lipinski definition) is 8. The van der Waals surface area contributed by atoms with Gasteiger partial charge in [0.05, 0.1) is 24.4 Å². The van der Waals surface area contributed by atoms with Crippen LogP contribution >= 0.6 is 0 Å². The highest BCUT2D eigenvalue weighted by Gasteiger charge is 2.17. The van der Waals surface area contributed by atoms with Crippen LogP contribution in [0, 0.1) is 0 Å². The largest absolute Gasteiger partial charge is 0.467 e. The van der Waals surface area contributed by atoms with Crippen LogP contribution in [0.2, 0.25) is 0 Å². The topological polar surface area (TPSA) is 132 Å². The minimum absolute atomic E-state index is 0.0326. The van der Waals surface area contributed by atoms with Gasteiger partial charge in [0, 0.05) is 36.1 Å². The average Bonchev–Trinajstić information content (AvgIpc) is 3.14. The molecule has 3 aromatic heterocycles. The summed E-state index contributed by atoms with van der Waals surface area (Å²) in [7, 11) is 1.48. The van der Waals surface area contributed by atoms with Crippen LogP contribution in [0.15, 0.2) is 42.9 Å². The minimum atomic E-state index is -0.345. The third-order valence-corrected chi connectivity index (χ3v) is 4.29. The number of methoxy groups -OCH3 is 1. The van der Waals surface area contributed by atoms with Gasteiger partial charge in [-0.1, -0.05) is 0 Å². The van der Waals surface area contributed by atoms with Crippen molar-refractivity contribution in [2.75, 3.05) is 24.3 Å². The summed E-state index contributed by atoms with van der Waals surface area (Å²) in [5.74, 6) is 0.112. The van der Waals surface area contributed by atoms with E-state index in [1.54, 1.807) is 41.3 Å². The molecule has 0 unspecified atom stereocenters. The van der Waals surface area contributed by atoms with Crippen LogP contribution in [-0.4, -0.2) is 50.2 Å². The van der Waals surface area contributed by atoms with Crippen molar-refractivity contribution in [1.82, 2.24) is 24.6 Å². The number of amides is 1. The zero-order chi connectivity index (χ0) is 20.4. The van der Waals surface area contributed by atoms with Crippen LogP contribution in [0.1, 0.15) is 17.3 Å². The molecule has 1 aromatic carbocycles. The van der Waals surface area contributed by atoms with Gasteiger partial charge >= 0.3 is 6.01 Å². The molecule has 0 bridgehead atoms. The third-order valence-electron chi connectivity index (χ3n) is 4.29. The van der Waals surface area contributed by atoms with Crippen molar-refractivity contribution in [2.24, 2.45) is 5.73 Å². The van der Waals surface area contributed by atoms with Crippen molar-refractivity contribution in [1.29, 1.82) is 0 Å². The molecule has 1 atom stereocenters. The first kappa shape index (κ1) is 18.6. The Hall–Kier alpha value is -3.79. The van der Waals surface area contributed by atoms with E-state index in [4.69, 9.17) is 10.5 Å². The number of carbonyl (C=O) groups is 1. The summed E-state index contributed by atoms with van der Waals surface area (Å²) >= 11 is 0. The van der Waals surface area contributed by atoms with E-state index < -0.39 is 0 Å². The molecule has 0 spiro atoms. The second kappa shape index (κ2) is 7.68. The zero-order valence-corrected chi connectivity index (χ0v) is 16.0. The minimum Gasteiger partial charge on any atom is -0.467 e. The van der Waals surface area contributed by atoms with Gasteiger partial charge in [-0.25, -0.2) is 9.97 Å². The number of imidazole rings is 1. The Balaban J connectivity index is 1.74. The van der Waals surface area contributed by atoms with Crippen LogP contribution < -0.4 is 21.1 Å². The van der Waals surface area contributed by atoms with E-state index >= 15 is 0 Å². The number of rotatable bonds is 6. The molecule has 1 amide bonds. The van der Waals surface area contributed by atoms with E-state index in [0.717, 1.165) is 5.69 Å². The predicted octanol–water partition coefficient (Wildman–Crippen LogP) is 1.69. The molecule has 0 aliphatic heterocycles. The van der Waals surface area contributed by atoms with E-state index in [9.17, 15) is 4.79 Å². The first-order valence-corrected chi connectivity index (χ1v) is 9.00. The van der Waals surface area contributed by atoms with Gasteiger partial charge in [-0.05, 0) is 31.2 Å². The van der Waals surface area contributed by atoms with Gasteiger partial charge < -0.3 is 21.1 Å². The van der Waals surface area contributed by atoms with Gasteiger partial charge in [-0.15, -0.1) is 0 Å². The molecular formula is C19H20N8O2. The maximum Gasteiger partial charge on any atom is 0.316 e. The Morgan fingerprint density at radius 2 is 2.14 bits per heavy atom. The normalized spacial score (nSPS) is 12.1. The van der Waals surface area contributed by atoms with Crippen LogP contribution in [0.25, 0.3) is 16.6 Å². The lowest BCUT2D eigenvalue weighted by molar-refractivity contribution is 0.102. The highest BCUT2D eigenvalue weighted by Crippen LogP contribution is 2.27. The number of benzene rings is 1. The zero-order valence-electron chi connectivity index (χ0n) is 16.0. The molecule has 148 valence electrons. The average molecular weight is 392 g/mol. The second-order valence-electron chi connectivity index (χ2n) is 6.53. The van der Waals surface area contributed by atoms with Gasteiger partial charge in [0.2, 0.25) is 0 Å². The van der Waals surface area contributed by atoms with Gasteiger partial charge in [0.25, 0.3) is 5.91 Å². The summed E-state index contributed by atoms with van der Waals surface area (Å²) < 4.78 is 6.69. The Morgan fingerprint density at radius 1 is 1.28 bits per heavy atom. The summed E-state index contributed by atoms with van der Waals surface area (Å²) in [6.07, 6.45) is 4.80. The Bertz CT molecular complexity index is 1190. The highest BCUT2D eigenvalue weighted by atomic mass is 16.5. The highest BCUT2D eigenvalue weighted by molar-refractivity contribution is 6.13. The quantitative estimate of drug-likeness (QED) is 0.452. The molecular weight excluding hydrogens is 372 g/mol. The number of fused-ring (bicyclic) bond motifs is 2. The Morgan fingerprint density at radius 3 is 2.93 bits per heavy atom. The van der Waals surface area contributed by atoms with Crippen molar-refractivity contribution < 1.29 is 9.53 Å². The number of nitrogens with two attached hydrogens (primary N) is 1. The molecule has 29 heavy (non-hydrogen) atoms. The lowest BCUT2D eigenvalue weighted by Gasteiger charge is -2.14. The van der Waals surface area contributed by atoms with Crippen molar-refractivity contribution in [3.8, 4) is 6.01 Å². The fourth-order valence-corrected chi connectivity index (χ4v) is 2.91. The number of anilines is 2. The van der Waals surface area contributed by atoms with Gasteiger partial charge in [-0.2, -0.15) is 14.6 Å². The van der Waals surface area contributed by atoms with Crippen LogP contribution in [0.4, 0.5) is 11.5 Å². The fourth-order valence-electron chi connectivity index (χ4n) is 2.91. The van der Waals surface area contributed by atoms with Crippen molar-refractivity contribution in [3.05, 3.63) is 48.4 Å². The second-order valence-corrected chi connectivity index (χ2v) is 6.53. The maximum absolute atomic E-state index is 13.0. The van der Waals surface area contributed by atoms with Gasteiger partial charge in [-0.3, -0.25) is 4.79 Å². The Kier molecular flexibility index (Phi) is 4.92. The Labute approximate surface area is 166 Å². The van der Waals surface area contributed by atoms with E-state index in [1.807, 2.05) is 13.0 Å². The van der Waals surface area contributed by atoms with E-state index in [0.29, 0.717) is 34.5 Å². The van der Waals surface area contributed by atoms with Gasteiger partial charge in [0.15, 0.2) is 11.5 Å². The smallest absolute Gasteiger partial charge is 0.316 e. The van der Waals surface area contributed by atoms with E-state index in [-0.39, 0.29) is 18.0 Å². The monoisotopic (exact) mass is 392 g/mol. The fraction of sp³-hybridized carbons (Fsp3) is 0.211. The van der Waals surface area contributed by atoms with Crippen LogP contribution in [-0.2, 0) is 0 Å². The number of nitrogens with one attached hydrogen (secondary N) is 2. The molecule has 0 aliphatic carbocycles. The third kappa shape index (κ3) is 3.65. The predicted molar refractivity (Wildman–Crippen MR) is 109 cm³/mol. The summed E-state index contributed by atoms with van der Waals surface area (Å²) in [5, 5.41) is 11.0. The van der Waals surface area contributed by atoms with Crippen LogP contribution in [0.5, 0.6) is 6.01 Å². The number of nitrogens with zero attached hydrogens (tertiary/aromatic N) is 5. The van der Waals surface area contributed by atoms with Crippen LogP contribution in [0.3, 0.4) is 0 Å². The SMILES string of the molecule is COc1ncc2c(NC[C@@H](C)N)ccc(C(=O)Nc3cnc4cccnn34)c2n1. The molecule has 10 heteroatoms. The number of carbonyl (C=O) groups excluding carboxylic acids is 1. The summed E-state index contributed by atoms with van der Waals surface area (Å²) in [6.45, 7) is 2.47. The molecule has 0 saturated carbocycles. The molecule has 0 saturated heterocycles. The lowest BCUT2D eigenvalue weighted by Crippen LogP contribution is -2.25. The van der Waals surface area contributed by atoms with Crippen molar-refractivity contribution in [3.63, 3.8) is 0 Å². The summed E-state index contributed by atoms with van der Waals surface area (Å²) in [4.78, 5) is 25.8. The first-order chi connectivity index (χ1) is 14.1. The van der Waals surface area contributed by atoms with Crippen molar-refractivity contribution in [2.45, 2.75) is 13.0 Å². The molecule has 4 rings (SSSR count). The molecule has 0 aliphatic rings. The number of ether oxygens (including phenoxy) is 1. The summed E-state index contributed by atoms with van der Waals surface area (Å²) in [6, 6.07) is 7.22. The maximum atomic E-state index is 13.0. The standard InChI is InChI=1S/C19H20N8O2/c1-11(20)8-21-14-6-5-12(17-13(14)9-23-19(26-17)29-2)18(28)25-16-10-22-15-4-3-7-24-27(15)16/h3-7,9-11,21H,8,20H2,1-2H3,(H,25,28)/t11-/m1/s1. The lowest BCUT2D eigenvalue weighted by atomic mass is 10.1. The molecule has 0 fully saturated rings. The van der Waals surface area contributed by atoms with E-state index in [2.05, 4.69) is 30.7 Å². The number of hydrogen-bond donors (Lipinski definition) is 3. The molecule has 3 heterocycles. The molecule has 10 nitrogen and oxygen atoms in total. The van der Waals surface area contributed by atoms with Gasteiger partial charge in [0.1, 0.15) is 0 Å². The molecule has 4 N–H and O–H groups in total. The summed E-state index contributed by atoms with van der Waals surface area (Å²) in [5.41, 5.74) is 8.09. The molecule has 4 aromatic rings. The number of aromatic nitrogens is 5.